The Kier molecular flexibility index (Phi) is 4.75. The van der Waals surface area contributed by atoms with Gasteiger partial charge < -0.3 is 15.8 Å². The predicted octanol–water partition coefficient (Wildman–Crippen LogP) is 2.28. The summed E-state index contributed by atoms with van der Waals surface area (Å²) in [5, 5.41) is 7.35. The van der Waals surface area contributed by atoms with E-state index in [4.69, 9.17) is 10.5 Å². The number of anilines is 2. The third-order valence-corrected chi connectivity index (χ3v) is 2.56. The Balaban J connectivity index is 2.09. The normalized spacial score (nSPS) is 10.5. The monoisotopic (exact) mass is 276 g/mol. The molecular weight excluding hydrogens is 256 g/mol. The summed E-state index contributed by atoms with van der Waals surface area (Å²) < 4.78 is 7.48. The van der Waals surface area contributed by atoms with E-state index in [0.29, 0.717) is 17.4 Å². The molecule has 2 rings (SSSR count). The van der Waals surface area contributed by atoms with Crippen molar-refractivity contribution in [3.8, 4) is 11.6 Å². The van der Waals surface area contributed by atoms with Gasteiger partial charge in [-0.25, -0.2) is 0 Å². The van der Waals surface area contributed by atoms with E-state index in [2.05, 4.69) is 34.2 Å². The molecule has 2 aromatic heterocycles. The van der Waals surface area contributed by atoms with Crippen molar-refractivity contribution in [1.29, 1.82) is 0 Å². The molecule has 0 fully saturated rings. The van der Waals surface area contributed by atoms with Gasteiger partial charge in [0, 0.05) is 19.2 Å². The average molecular weight is 276 g/mol. The van der Waals surface area contributed by atoms with Crippen molar-refractivity contribution in [2.24, 2.45) is 0 Å². The lowest BCUT2D eigenvalue weighted by Crippen LogP contribution is -2.05. The molecule has 0 radical (unpaired) electrons. The van der Waals surface area contributed by atoms with Crippen LogP contribution in [0.4, 0.5) is 11.8 Å². The van der Waals surface area contributed by atoms with Crippen LogP contribution in [0.15, 0.2) is 18.5 Å². The van der Waals surface area contributed by atoms with Crippen molar-refractivity contribution in [2.45, 2.75) is 33.2 Å². The van der Waals surface area contributed by atoms with E-state index >= 15 is 0 Å². The van der Waals surface area contributed by atoms with Crippen molar-refractivity contribution in [1.82, 2.24) is 19.7 Å². The number of ether oxygens (including phenoxy) is 1. The summed E-state index contributed by atoms with van der Waals surface area (Å²) in [6, 6.07) is 1.73. The van der Waals surface area contributed by atoms with Crippen LogP contribution in [0.1, 0.15) is 26.7 Å². The van der Waals surface area contributed by atoms with Crippen LogP contribution in [-0.4, -0.2) is 26.3 Å². The Hall–Kier alpha value is -2.31. The maximum Gasteiger partial charge on any atom is 0.226 e. The second-order valence-electron chi connectivity index (χ2n) is 4.42. The standard InChI is InChI=1S/C13H20N6O/c1-3-5-15-11-7-12(18-13(14)17-11)20-10-8-16-19(9-10)6-4-2/h7-9H,3-6H2,1-2H3,(H3,14,15,17,18). The van der Waals surface area contributed by atoms with Crippen molar-refractivity contribution in [3.63, 3.8) is 0 Å². The van der Waals surface area contributed by atoms with Crippen LogP contribution < -0.4 is 15.8 Å². The zero-order chi connectivity index (χ0) is 14.4. The minimum Gasteiger partial charge on any atom is -0.435 e. The molecule has 0 atom stereocenters. The molecule has 0 spiro atoms. The van der Waals surface area contributed by atoms with Gasteiger partial charge in [-0.15, -0.1) is 0 Å². The van der Waals surface area contributed by atoms with E-state index < -0.39 is 0 Å². The van der Waals surface area contributed by atoms with E-state index in [-0.39, 0.29) is 5.95 Å². The molecule has 0 aliphatic rings. The first-order chi connectivity index (χ1) is 9.71. The highest BCUT2D eigenvalue weighted by molar-refractivity contribution is 5.43. The average Bonchev–Trinajstić information content (AvgIpc) is 2.83. The van der Waals surface area contributed by atoms with Gasteiger partial charge in [0.05, 0.1) is 12.4 Å². The summed E-state index contributed by atoms with van der Waals surface area (Å²) in [4.78, 5) is 8.16. The van der Waals surface area contributed by atoms with E-state index in [1.54, 1.807) is 12.3 Å². The number of nitrogens with two attached hydrogens (primary N) is 1. The van der Waals surface area contributed by atoms with Gasteiger partial charge in [-0.2, -0.15) is 15.1 Å². The topological polar surface area (TPSA) is 90.9 Å². The second-order valence-corrected chi connectivity index (χ2v) is 4.42. The lowest BCUT2D eigenvalue weighted by molar-refractivity contribution is 0.461. The molecule has 0 aliphatic heterocycles. The smallest absolute Gasteiger partial charge is 0.226 e. The van der Waals surface area contributed by atoms with Gasteiger partial charge >= 0.3 is 0 Å². The first-order valence-electron chi connectivity index (χ1n) is 6.80. The fourth-order valence-electron chi connectivity index (χ4n) is 1.71. The highest BCUT2D eigenvalue weighted by Crippen LogP contribution is 2.21. The summed E-state index contributed by atoms with van der Waals surface area (Å²) in [6.07, 6.45) is 5.52. The lowest BCUT2D eigenvalue weighted by Gasteiger charge is -2.07. The Morgan fingerprint density at radius 2 is 2.15 bits per heavy atom. The summed E-state index contributed by atoms with van der Waals surface area (Å²) >= 11 is 0. The quantitative estimate of drug-likeness (QED) is 0.806. The largest absolute Gasteiger partial charge is 0.435 e. The SMILES string of the molecule is CCCNc1cc(Oc2cnn(CCC)c2)nc(N)n1. The van der Waals surface area contributed by atoms with Gasteiger partial charge in [0.1, 0.15) is 5.82 Å². The third-order valence-electron chi connectivity index (χ3n) is 2.56. The van der Waals surface area contributed by atoms with Gasteiger partial charge in [0.2, 0.25) is 11.8 Å². The summed E-state index contributed by atoms with van der Waals surface area (Å²) in [5.74, 6) is 1.89. The second kappa shape index (κ2) is 6.74. The summed E-state index contributed by atoms with van der Waals surface area (Å²) in [6.45, 7) is 5.86. The number of nitrogens with zero attached hydrogens (tertiary/aromatic N) is 4. The highest BCUT2D eigenvalue weighted by atomic mass is 16.5. The van der Waals surface area contributed by atoms with Crippen molar-refractivity contribution >= 4 is 11.8 Å². The van der Waals surface area contributed by atoms with Crippen molar-refractivity contribution < 1.29 is 4.74 Å². The Morgan fingerprint density at radius 3 is 2.90 bits per heavy atom. The number of rotatable bonds is 7. The van der Waals surface area contributed by atoms with Gasteiger partial charge in [0.15, 0.2) is 5.75 Å². The zero-order valence-corrected chi connectivity index (χ0v) is 11.8. The van der Waals surface area contributed by atoms with Crippen molar-refractivity contribution in [2.75, 3.05) is 17.6 Å². The van der Waals surface area contributed by atoms with E-state index in [1.165, 1.54) is 0 Å². The molecule has 7 heteroatoms. The fourth-order valence-corrected chi connectivity index (χ4v) is 1.71. The number of hydrogen-bond donors (Lipinski definition) is 2. The molecule has 7 nitrogen and oxygen atoms in total. The number of aryl methyl sites for hydroxylation is 1. The van der Waals surface area contributed by atoms with Crippen LogP contribution in [0.5, 0.6) is 11.6 Å². The van der Waals surface area contributed by atoms with E-state index in [0.717, 1.165) is 25.9 Å². The fraction of sp³-hybridized carbons (Fsp3) is 0.462. The number of nitrogen functional groups attached to an aromatic ring is 1. The zero-order valence-electron chi connectivity index (χ0n) is 11.8. The Morgan fingerprint density at radius 1 is 1.30 bits per heavy atom. The Bertz CT molecular complexity index is 554. The molecule has 0 amide bonds. The van der Waals surface area contributed by atoms with E-state index in [9.17, 15) is 0 Å². The molecule has 0 unspecified atom stereocenters. The third kappa shape index (κ3) is 3.84. The molecule has 0 saturated carbocycles. The highest BCUT2D eigenvalue weighted by Gasteiger charge is 2.06. The Labute approximate surface area is 118 Å². The van der Waals surface area contributed by atoms with E-state index in [1.807, 2.05) is 10.9 Å². The maximum atomic E-state index is 5.67. The lowest BCUT2D eigenvalue weighted by atomic mass is 10.4. The molecular formula is C13H20N6O. The molecule has 2 aromatic rings. The minimum absolute atomic E-state index is 0.182. The minimum atomic E-state index is 0.182. The maximum absolute atomic E-state index is 5.67. The van der Waals surface area contributed by atoms with Gasteiger partial charge in [-0.3, -0.25) is 4.68 Å². The molecule has 0 bridgehead atoms. The number of nitrogens with one attached hydrogen (secondary N) is 1. The molecule has 0 aliphatic carbocycles. The van der Waals surface area contributed by atoms with Crippen LogP contribution in [-0.2, 0) is 6.54 Å². The molecule has 20 heavy (non-hydrogen) atoms. The number of hydrogen-bond acceptors (Lipinski definition) is 6. The predicted molar refractivity (Wildman–Crippen MR) is 77.8 cm³/mol. The van der Waals surface area contributed by atoms with Gasteiger partial charge in [-0.05, 0) is 12.8 Å². The molecule has 3 N–H and O–H groups in total. The molecule has 2 heterocycles. The van der Waals surface area contributed by atoms with Crippen LogP contribution in [0.25, 0.3) is 0 Å². The number of aromatic nitrogens is 4. The van der Waals surface area contributed by atoms with Crippen LogP contribution >= 0.6 is 0 Å². The molecule has 108 valence electrons. The first kappa shape index (κ1) is 14.1. The van der Waals surface area contributed by atoms with Crippen LogP contribution in [0.2, 0.25) is 0 Å². The van der Waals surface area contributed by atoms with Gasteiger partial charge in [0.25, 0.3) is 0 Å². The van der Waals surface area contributed by atoms with Gasteiger partial charge in [-0.1, -0.05) is 13.8 Å². The molecule has 0 aromatic carbocycles. The molecule has 0 saturated heterocycles. The summed E-state index contributed by atoms with van der Waals surface area (Å²) in [7, 11) is 0. The van der Waals surface area contributed by atoms with Crippen molar-refractivity contribution in [3.05, 3.63) is 18.5 Å². The summed E-state index contributed by atoms with van der Waals surface area (Å²) in [5.41, 5.74) is 5.67. The first-order valence-corrected chi connectivity index (χ1v) is 6.80. The van der Waals surface area contributed by atoms with Crippen LogP contribution in [0, 0.1) is 0 Å². The van der Waals surface area contributed by atoms with Crippen LogP contribution in [0.3, 0.4) is 0 Å².